The van der Waals surface area contributed by atoms with E-state index in [1.165, 1.54) is 11.8 Å². The fraction of sp³-hybridized carbons (Fsp3) is 0.292. The molecule has 30 heavy (non-hydrogen) atoms. The Labute approximate surface area is 175 Å². The second-order valence-corrected chi connectivity index (χ2v) is 7.24. The summed E-state index contributed by atoms with van der Waals surface area (Å²) in [7, 11) is 0. The Morgan fingerprint density at radius 1 is 1.10 bits per heavy atom. The number of carbonyl (C=O) groups excluding carboxylic acids is 3. The van der Waals surface area contributed by atoms with Crippen LogP contribution >= 0.6 is 0 Å². The van der Waals surface area contributed by atoms with Gasteiger partial charge in [0.2, 0.25) is 0 Å². The predicted octanol–water partition coefficient (Wildman–Crippen LogP) is 3.92. The van der Waals surface area contributed by atoms with E-state index in [0.717, 1.165) is 5.56 Å². The summed E-state index contributed by atoms with van der Waals surface area (Å²) in [5.41, 5.74) is 1.72. The molecule has 6 nitrogen and oxygen atoms in total. The van der Waals surface area contributed by atoms with Crippen molar-refractivity contribution in [1.29, 1.82) is 0 Å². The summed E-state index contributed by atoms with van der Waals surface area (Å²) in [6.07, 6.45) is 1.36. The first-order valence-corrected chi connectivity index (χ1v) is 10.0. The average molecular weight is 407 g/mol. The Bertz CT molecular complexity index is 980. The van der Waals surface area contributed by atoms with Crippen molar-refractivity contribution >= 4 is 17.7 Å². The van der Waals surface area contributed by atoms with Crippen LogP contribution in [0.4, 0.5) is 0 Å². The third-order valence-corrected chi connectivity index (χ3v) is 4.99. The molecule has 2 aromatic carbocycles. The number of benzene rings is 2. The Hall–Kier alpha value is -3.41. The molecule has 0 spiro atoms. The molecular formula is C24H25NO5. The van der Waals surface area contributed by atoms with E-state index in [4.69, 9.17) is 4.74 Å². The number of esters is 1. The summed E-state index contributed by atoms with van der Waals surface area (Å²) >= 11 is 0. The van der Waals surface area contributed by atoms with Crippen molar-refractivity contribution < 1.29 is 24.2 Å². The Morgan fingerprint density at radius 2 is 1.83 bits per heavy atom. The highest BCUT2D eigenvalue weighted by atomic mass is 16.5. The largest absolute Gasteiger partial charge is 0.503 e. The maximum absolute atomic E-state index is 13.1. The highest BCUT2D eigenvalue weighted by molar-refractivity contribution is 6.09. The fourth-order valence-electron chi connectivity index (χ4n) is 3.71. The molecule has 0 aliphatic carbocycles. The third kappa shape index (κ3) is 4.59. The Morgan fingerprint density at radius 3 is 2.50 bits per heavy atom. The number of aliphatic hydroxyl groups is 1. The van der Waals surface area contributed by atoms with Crippen molar-refractivity contribution in [2.45, 2.75) is 39.2 Å². The van der Waals surface area contributed by atoms with Gasteiger partial charge in [0.15, 0.2) is 11.5 Å². The van der Waals surface area contributed by atoms with E-state index in [2.05, 4.69) is 0 Å². The van der Waals surface area contributed by atoms with Crippen LogP contribution in [0.2, 0.25) is 0 Å². The summed E-state index contributed by atoms with van der Waals surface area (Å²) in [6.45, 7) is 3.62. The van der Waals surface area contributed by atoms with Crippen molar-refractivity contribution in [3.63, 3.8) is 0 Å². The van der Waals surface area contributed by atoms with Gasteiger partial charge < -0.3 is 14.7 Å². The number of aryl methyl sites for hydroxylation is 1. The van der Waals surface area contributed by atoms with Crippen LogP contribution in [-0.2, 0) is 20.8 Å². The quantitative estimate of drug-likeness (QED) is 0.530. The molecule has 2 aromatic rings. The summed E-state index contributed by atoms with van der Waals surface area (Å²) in [4.78, 5) is 38.6. The maximum Gasteiger partial charge on any atom is 0.308 e. The highest BCUT2D eigenvalue weighted by Crippen LogP contribution is 2.39. The number of nitrogens with zero attached hydrogens (tertiary/aromatic N) is 1. The molecule has 1 aliphatic rings. The molecule has 1 N–H and O–H groups in total. The van der Waals surface area contributed by atoms with E-state index in [0.29, 0.717) is 30.7 Å². The standard InChI is InChI=1S/C24H25NO5/c1-3-14-25-22(18-10-7-11-19(15-18)30-16(2)26)21(23(28)24(25)29)20(27)13-12-17-8-5-4-6-9-17/h4-11,15,22,28H,3,12-14H2,1-2H3. The van der Waals surface area contributed by atoms with Crippen LogP contribution in [0.1, 0.15) is 43.9 Å². The predicted molar refractivity (Wildman–Crippen MR) is 112 cm³/mol. The third-order valence-electron chi connectivity index (χ3n) is 4.99. The van der Waals surface area contributed by atoms with Crippen LogP contribution in [0.25, 0.3) is 0 Å². The van der Waals surface area contributed by atoms with Crippen LogP contribution in [0.3, 0.4) is 0 Å². The fourth-order valence-corrected chi connectivity index (χ4v) is 3.71. The van der Waals surface area contributed by atoms with Crippen molar-refractivity contribution in [2.24, 2.45) is 0 Å². The first kappa shape index (κ1) is 21.3. The molecule has 6 heteroatoms. The van der Waals surface area contributed by atoms with Crippen LogP contribution in [-0.4, -0.2) is 34.2 Å². The number of carbonyl (C=O) groups is 3. The molecule has 0 saturated carbocycles. The number of aliphatic hydroxyl groups excluding tert-OH is 1. The van der Waals surface area contributed by atoms with E-state index in [1.54, 1.807) is 24.3 Å². The van der Waals surface area contributed by atoms with Gasteiger partial charge in [0.25, 0.3) is 5.91 Å². The molecule has 1 atom stereocenters. The Balaban J connectivity index is 1.93. The van der Waals surface area contributed by atoms with E-state index in [-0.39, 0.29) is 17.8 Å². The molecule has 0 fully saturated rings. The highest BCUT2D eigenvalue weighted by Gasteiger charge is 2.42. The molecule has 1 amide bonds. The lowest BCUT2D eigenvalue weighted by Gasteiger charge is -2.26. The first-order chi connectivity index (χ1) is 14.4. The minimum Gasteiger partial charge on any atom is -0.503 e. The van der Waals surface area contributed by atoms with Crippen LogP contribution in [0.15, 0.2) is 65.9 Å². The summed E-state index contributed by atoms with van der Waals surface area (Å²) in [5, 5.41) is 10.6. The summed E-state index contributed by atoms with van der Waals surface area (Å²) in [6, 6.07) is 15.6. The van der Waals surface area contributed by atoms with Crippen LogP contribution in [0.5, 0.6) is 5.75 Å². The molecule has 3 rings (SSSR count). The van der Waals surface area contributed by atoms with Gasteiger partial charge >= 0.3 is 5.97 Å². The summed E-state index contributed by atoms with van der Waals surface area (Å²) < 4.78 is 5.16. The average Bonchev–Trinajstić information content (AvgIpc) is 2.98. The Kier molecular flexibility index (Phi) is 6.67. The molecule has 0 aromatic heterocycles. The van der Waals surface area contributed by atoms with E-state index in [9.17, 15) is 19.5 Å². The second-order valence-electron chi connectivity index (χ2n) is 7.24. The smallest absolute Gasteiger partial charge is 0.308 e. The molecular weight excluding hydrogens is 382 g/mol. The number of amides is 1. The molecule has 0 bridgehead atoms. The second kappa shape index (κ2) is 9.39. The molecule has 1 unspecified atom stereocenters. The molecule has 156 valence electrons. The van der Waals surface area contributed by atoms with Crippen molar-refractivity contribution in [3.05, 3.63) is 77.1 Å². The first-order valence-electron chi connectivity index (χ1n) is 10.0. The molecule has 1 heterocycles. The molecule has 0 radical (unpaired) electrons. The number of ketones is 1. The van der Waals surface area contributed by atoms with Crippen molar-refractivity contribution in [1.82, 2.24) is 4.90 Å². The van der Waals surface area contributed by atoms with Crippen LogP contribution < -0.4 is 4.74 Å². The summed E-state index contributed by atoms with van der Waals surface area (Å²) in [5.74, 6) is -1.46. The number of hydrogen-bond donors (Lipinski definition) is 1. The lowest BCUT2D eigenvalue weighted by molar-refractivity contribution is -0.132. The topological polar surface area (TPSA) is 83.9 Å². The minimum atomic E-state index is -0.712. The molecule has 0 saturated heterocycles. The molecule has 1 aliphatic heterocycles. The number of ether oxygens (including phenoxy) is 1. The van der Waals surface area contributed by atoms with Gasteiger partial charge in [-0.15, -0.1) is 0 Å². The van der Waals surface area contributed by atoms with E-state index in [1.807, 2.05) is 37.3 Å². The van der Waals surface area contributed by atoms with Gasteiger partial charge in [-0.2, -0.15) is 0 Å². The zero-order chi connectivity index (χ0) is 21.7. The lowest BCUT2D eigenvalue weighted by Crippen LogP contribution is -2.31. The van der Waals surface area contributed by atoms with Gasteiger partial charge in [-0.05, 0) is 36.1 Å². The van der Waals surface area contributed by atoms with Gasteiger partial charge in [0.1, 0.15) is 5.75 Å². The number of hydrogen-bond acceptors (Lipinski definition) is 5. The van der Waals surface area contributed by atoms with Gasteiger partial charge in [0, 0.05) is 19.9 Å². The zero-order valence-corrected chi connectivity index (χ0v) is 17.1. The van der Waals surface area contributed by atoms with Gasteiger partial charge in [0.05, 0.1) is 11.6 Å². The number of rotatable bonds is 8. The lowest BCUT2D eigenvalue weighted by atomic mass is 9.93. The minimum absolute atomic E-state index is 0.101. The van der Waals surface area contributed by atoms with Gasteiger partial charge in [-0.3, -0.25) is 14.4 Å². The van der Waals surface area contributed by atoms with Crippen LogP contribution in [0, 0.1) is 0 Å². The van der Waals surface area contributed by atoms with Gasteiger partial charge in [-0.25, -0.2) is 0 Å². The van der Waals surface area contributed by atoms with Crippen molar-refractivity contribution in [3.8, 4) is 5.75 Å². The normalized spacial score (nSPS) is 16.1. The van der Waals surface area contributed by atoms with E-state index < -0.39 is 23.7 Å². The maximum atomic E-state index is 13.1. The SMILES string of the molecule is CCCN1C(=O)C(O)=C(C(=O)CCc2ccccc2)C1c1cccc(OC(C)=O)c1. The van der Waals surface area contributed by atoms with E-state index >= 15 is 0 Å². The van der Waals surface area contributed by atoms with Crippen molar-refractivity contribution in [2.75, 3.05) is 6.54 Å². The monoisotopic (exact) mass is 407 g/mol. The van der Waals surface area contributed by atoms with Gasteiger partial charge in [-0.1, -0.05) is 49.4 Å². The zero-order valence-electron chi connectivity index (χ0n) is 17.1. The number of Topliss-reactive ketones (excluding diaryl/α,β-unsaturated/α-hetero) is 1.